The lowest BCUT2D eigenvalue weighted by atomic mass is 10.1. The monoisotopic (exact) mass is 380 g/mol. The molecule has 0 saturated heterocycles. The highest BCUT2D eigenvalue weighted by Gasteiger charge is 2.13. The number of benzene rings is 3. The molecule has 0 bridgehead atoms. The number of hydrogen-bond donors (Lipinski definition) is 0. The minimum Gasteiger partial charge on any atom is -0.423 e. The highest BCUT2D eigenvalue weighted by Crippen LogP contribution is 2.17. The SMILES string of the molecule is O=C(/C=C/c1ccc(Cl)cc1)c1ccc(OC(=O)c2ccccc2F)cc1. The number of rotatable bonds is 5. The van der Waals surface area contributed by atoms with Crippen LogP contribution in [0.25, 0.3) is 6.08 Å². The van der Waals surface area contributed by atoms with Gasteiger partial charge in [-0.25, -0.2) is 9.18 Å². The van der Waals surface area contributed by atoms with Crippen molar-refractivity contribution >= 4 is 29.4 Å². The molecule has 3 rings (SSSR count). The van der Waals surface area contributed by atoms with Crippen molar-refractivity contribution in [3.63, 3.8) is 0 Å². The van der Waals surface area contributed by atoms with Gasteiger partial charge < -0.3 is 4.74 Å². The Kier molecular flexibility index (Phi) is 5.79. The molecule has 0 unspecified atom stereocenters. The second-order valence-electron chi connectivity index (χ2n) is 5.64. The maximum atomic E-state index is 13.6. The fraction of sp³-hybridized carbons (Fsp3) is 0. The van der Waals surface area contributed by atoms with Gasteiger partial charge in [-0.05, 0) is 60.2 Å². The molecule has 0 aliphatic rings. The number of ketones is 1. The number of hydrogen-bond acceptors (Lipinski definition) is 3. The van der Waals surface area contributed by atoms with Crippen molar-refractivity contribution in [2.45, 2.75) is 0 Å². The van der Waals surface area contributed by atoms with E-state index in [2.05, 4.69) is 0 Å². The summed E-state index contributed by atoms with van der Waals surface area (Å²) >= 11 is 5.82. The molecule has 3 nitrogen and oxygen atoms in total. The zero-order valence-corrected chi connectivity index (χ0v) is 14.8. The quantitative estimate of drug-likeness (QED) is 0.250. The van der Waals surface area contributed by atoms with E-state index < -0.39 is 11.8 Å². The second kappa shape index (κ2) is 8.43. The third-order valence-corrected chi connectivity index (χ3v) is 3.99. The second-order valence-corrected chi connectivity index (χ2v) is 6.08. The van der Waals surface area contributed by atoms with Crippen molar-refractivity contribution in [1.82, 2.24) is 0 Å². The Morgan fingerprint density at radius 1 is 0.889 bits per heavy atom. The molecule has 3 aromatic rings. The molecule has 3 aromatic carbocycles. The number of carbonyl (C=O) groups is 2. The Morgan fingerprint density at radius 2 is 1.56 bits per heavy atom. The smallest absolute Gasteiger partial charge is 0.346 e. The highest BCUT2D eigenvalue weighted by atomic mass is 35.5. The Bertz CT molecular complexity index is 993. The highest BCUT2D eigenvalue weighted by molar-refractivity contribution is 6.30. The van der Waals surface area contributed by atoms with Crippen LogP contribution in [0.5, 0.6) is 5.75 Å². The number of carbonyl (C=O) groups excluding carboxylic acids is 2. The molecular weight excluding hydrogens is 367 g/mol. The summed E-state index contributed by atoms with van der Waals surface area (Å²) in [6, 6.07) is 18.7. The van der Waals surface area contributed by atoms with Crippen LogP contribution in [0.4, 0.5) is 4.39 Å². The minimum atomic E-state index is -0.796. The lowest BCUT2D eigenvalue weighted by Crippen LogP contribution is -2.10. The third kappa shape index (κ3) is 4.90. The molecule has 5 heteroatoms. The predicted molar refractivity (Wildman–Crippen MR) is 103 cm³/mol. The molecule has 0 radical (unpaired) electrons. The number of ether oxygens (including phenoxy) is 1. The molecule has 0 spiro atoms. The molecule has 0 amide bonds. The molecule has 0 heterocycles. The van der Waals surface area contributed by atoms with Crippen molar-refractivity contribution < 1.29 is 18.7 Å². The maximum Gasteiger partial charge on any atom is 0.346 e. The van der Waals surface area contributed by atoms with Gasteiger partial charge in [-0.15, -0.1) is 0 Å². The van der Waals surface area contributed by atoms with Crippen LogP contribution >= 0.6 is 11.6 Å². The lowest BCUT2D eigenvalue weighted by molar-refractivity contribution is 0.0730. The van der Waals surface area contributed by atoms with Gasteiger partial charge in [-0.1, -0.05) is 41.9 Å². The van der Waals surface area contributed by atoms with E-state index in [4.69, 9.17) is 16.3 Å². The summed E-state index contributed by atoms with van der Waals surface area (Å²) in [5.41, 5.74) is 1.14. The van der Waals surface area contributed by atoms with Crippen LogP contribution in [0, 0.1) is 5.82 Å². The average Bonchev–Trinajstić information content (AvgIpc) is 2.68. The van der Waals surface area contributed by atoms with E-state index in [9.17, 15) is 14.0 Å². The van der Waals surface area contributed by atoms with Crippen molar-refractivity contribution in [3.8, 4) is 5.75 Å². The van der Waals surface area contributed by atoms with Crippen LogP contribution in [-0.2, 0) is 0 Å². The van der Waals surface area contributed by atoms with Gasteiger partial charge in [0.2, 0.25) is 0 Å². The Morgan fingerprint density at radius 3 is 2.22 bits per heavy atom. The first-order valence-electron chi connectivity index (χ1n) is 8.08. The van der Waals surface area contributed by atoms with E-state index in [0.29, 0.717) is 10.6 Å². The average molecular weight is 381 g/mol. The van der Waals surface area contributed by atoms with Gasteiger partial charge in [0.15, 0.2) is 5.78 Å². The molecule has 0 N–H and O–H groups in total. The summed E-state index contributed by atoms with van der Waals surface area (Å²) in [5, 5.41) is 0.624. The summed E-state index contributed by atoms with van der Waals surface area (Å²) in [6.45, 7) is 0. The first kappa shape index (κ1) is 18.5. The van der Waals surface area contributed by atoms with Gasteiger partial charge in [0.25, 0.3) is 0 Å². The van der Waals surface area contributed by atoms with Gasteiger partial charge in [-0.3, -0.25) is 4.79 Å². The third-order valence-electron chi connectivity index (χ3n) is 3.74. The van der Waals surface area contributed by atoms with Crippen molar-refractivity contribution in [2.24, 2.45) is 0 Å². The fourth-order valence-electron chi connectivity index (χ4n) is 2.32. The Labute approximate surface area is 160 Å². The van der Waals surface area contributed by atoms with Gasteiger partial charge in [0, 0.05) is 10.6 Å². The van der Waals surface area contributed by atoms with Crippen LogP contribution in [0.15, 0.2) is 78.9 Å². The first-order valence-corrected chi connectivity index (χ1v) is 8.45. The van der Waals surface area contributed by atoms with Crippen LogP contribution < -0.4 is 4.74 Å². The molecule has 0 aliphatic carbocycles. The Balaban J connectivity index is 1.66. The lowest BCUT2D eigenvalue weighted by Gasteiger charge is -2.05. The van der Waals surface area contributed by atoms with Crippen LogP contribution in [-0.4, -0.2) is 11.8 Å². The van der Waals surface area contributed by atoms with E-state index >= 15 is 0 Å². The largest absolute Gasteiger partial charge is 0.423 e. The number of allylic oxidation sites excluding steroid dienone is 1. The normalized spacial score (nSPS) is 10.7. The molecule has 27 heavy (non-hydrogen) atoms. The maximum absolute atomic E-state index is 13.6. The van der Waals surface area contributed by atoms with Crippen molar-refractivity contribution in [1.29, 1.82) is 0 Å². The summed E-state index contributed by atoms with van der Waals surface area (Å²) in [4.78, 5) is 24.2. The summed E-state index contributed by atoms with van der Waals surface area (Å²) < 4.78 is 18.7. The summed E-state index contributed by atoms with van der Waals surface area (Å²) in [6.07, 6.45) is 3.13. The van der Waals surface area contributed by atoms with Crippen LogP contribution in [0.1, 0.15) is 26.3 Å². The summed E-state index contributed by atoms with van der Waals surface area (Å²) in [5.74, 6) is -1.42. The van der Waals surface area contributed by atoms with E-state index in [1.54, 1.807) is 48.5 Å². The predicted octanol–water partition coefficient (Wildman–Crippen LogP) is 5.59. The zero-order valence-electron chi connectivity index (χ0n) is 14.1. The van der Waals surface area contributed by atoms with Crippen LogP contribution in [0.3, 0.4) is 0 Å². The topological polar surface area (TPSA) is 43.4 Å². The zero-order chi connectivity index (χ0) is 19.2. The Hall–Kier alpha value is -3.24. The minimum absolute atomic E-state index is 0.149. The van der Waals surface area contributed by atoms with Gasteiger partial charge in [0.05, 0.1) is 5.56 Å². The summed E-state index contributed by atoms with van der Waals surface area (Å²) in [7, 11) is 0. The van der Waals surface area contributed by atoms with E-state index in [-0.39, 0.29) is 17.1 Å². The van der Waals surface area contributed by atoms with E-state index in [1.165, 1.54) is 36.4 Å². The molecule has 0 fully saturated rings. The van der Waals surface area contributed by atoms with Gasteiger partial charge >= 0.3 is 5.97 Å². The fourth-order valence-corrected chi connectivity index (χ4v) is 2.44. The molecule has 0 atom stereocenters. The van der Waals surface area contributed by atoms with Crippen LogP contribution in [0.2, 0.25) is 5.02 Å². The molecule has 0 aliphatic heterocycles. The molecule has 0 saturated carbocycles. The van der Waals surface area contributed by atoms with E-state index in [1.807, 2.05) is 0 Å². The molecule has 0 aromatic heterocycles. The number of halogens is 2. The van der Waals surface area contributed by atoms with E-state index in [0.717, 1.165) is 5.56 Å². The van der Waals surface area contributed by atoms with Crippen molar-refractivity contribution in [3.05, 3.63) is 106 Å². The standard InChI is InChI=1S/C22H14ClFO3/c23-17-10-5-15(6-11-17)7-14-21(25)16-8-12-18(13-9-16)27-22(26)19-3-1-2-4-20(19)24/h1-14H/b14-7+. The van der Waals surface area contributed by atoms with Crippen molar-refractivity contribution in [2.75, 3.05) is 0 Å². The first-order chi connectivity index (χ1) is 13.0. The molecule has 134 valence electrons. The van der Waals surface area contributed by atoms with Gasteiger partial charge in [-0.2, -0.15) is 0 Å². The van der Waals surface area contributed by atoms with Gasteiger partial charge in [0.1, 0.15) is 11.6 Å². The number of esters is 1. The molecular formula is C22H14ClFO3.